The highest BCUT2D eigenvalue weighted by Gasteiger charge is 2.24. The van der Waals surface area contributed by atoms with E-state index in [-0.39, 0.29) is 6.17 Å². The molecular weight excluding hydrogens is 639 g/mol. The highest BCUT2D eigenvalue weighted by molar-refractivity contribution is 6.22. The van der Waals surface area contributed by atoms with Crippen molar-refractivity contribution < 1.29 is 8.83 Å². The van der Waals surface area contributed by atoms with E-state index in [1.54, 1.807) is 0 Å². The average Bonchev–Trinajstić information content (AvgIpc) is 3.78. The largest absolute Gasteiger partial charge is 0.456 e. The molecule has 0 spiro atoms. The number of para-hydroxylation sites is 2. The van der Waals surface area contributed by atoms with Crippen molar-refractivity contribution in [1.29, 1.82) is 0 Å². The number of nitrogens with one attached hydrogen (secondary N) is 1. The molecule has 0 fully saturated rings. The summed E-state index contributed by atoms with van der Waals surface area (Å²) in [5, 5.41) is 12.6. The first-order valence-corrected chi connectivity index (χ1v) is 17.5. The van der Waals surface area contributed by atoms with Crippen molar-refractivity contribution in [2.24, 2.45) is 9.98 Å². The molecule has 244 valence electrons. The predicted molar refractivity (Wildman–Crippen MR) is 213 cm³/mol. The maximum absolute atomic E-state index is 6.59. The molecule has 0 saturated carbocycles. The molecule has 10 aromatic rings. The lowest BCUT2D eigenvalue weighted by Gasteiger charge is -2.24. The van der Waals surface area contributed by atoms with E-state index >= 15 is 0 Å². The van der Waals surface area contributed by atoms with Gasteiger partial charge in [0.1, 0.15) is 34.3 Å². The third-order valence-corrected chi connectivity index (χ3v) is 10.3. The molecule has 3 heterocycles. The monoisotopic (exact) mass is 667 g/mol. The van der Waals surface area contributed by atoms with E-state index in [1.807, 2.05) is 30.3 Å². The smallest absolute Gasteiger partial charge is 0.160 e. The molecule has 5 heteroatoms. The van der Waals surface area contributed by atoms with Gasteiger partial charge >= 0.3 is 0 Å². The van der Waals surface area contributed by atoms with Crippen LogP contribution in [0, 0.1) is 0 Å². The molecule has 8 aromatic carbocycles. The van der Waals surface area contributed by atoms with Gasteiger partial charge < -0.3 is 14.2 Å². The van der Waals surface area contributed by atoms with Gasteiger partial charge in [-0.2, -0.15) is 0 Å². The van der Waals surface area contributed by atoms with Crippen LogP contribution in [-0.4, -0.2) is 11.7 Å². The second-order valence-electron chi connectivity index (χ2n) is 13.4. The van der Waals surface area contributed by atoms with Crippen molar-refractivity contribution in [3.05, 3.63) is 180 Å². The number of hydrogen-bond donors (Lipinski definition) is 1. The Kier molecular flexibility index (Phi) is 6.25. The highest BCUT2D eigenvalue weighted by Crippen LogP contribution is 2.39. The zero-order valence-corrected chi connectivity index (χ0v) is 27.9. The Morgan fingerprint density at radius 2 is 1.15 bits per heavy atom. The molecule has 0 radical (unpaired) electrons. The van der Waals surface area contributed by atoms with Crippen LogP contribution in [0.25, 0.3) is 76.5 Å². The van der Waals surface area contributed by atoms with Crippen molar-refractivity contribution in [2.75, 3.05) is 0 Å². The lowest BCUT2D eigenvalue weighted by molar-refractivity contribution is 0.668. The first-order valence-electron chi connectivity index (χ1n) is 17.5. The molecule has 1 aliphatic rings. The third-order valence-electron chi connectivity index (χ3n) is 10.3. The van der Waals surface area contributed by atoms with Gasteiger partial charge in [-0.05, 0) is 69.1 Å². The van der Waals surface area contributed by atoms with E-state index in [1.165, 1.54) is 16.2 Å². The van der Waals surface area contributed by atoms with Gasteiger partial charge in [-0.15, -0.1) is 0 Å². The van der Waals surface area contributed by atoms with Crippen LogP contribution in [0.5, 0.6) is 0 Å². The summed E-state index contributed by atoms with van der Waals surface area (Å²) in [4.78, 5) is 10.5. The van der Waals surface area contributed by atoms with Gasteiger partial charge in [-0.1, -0.05) is 127 Å². The highest BCUT2D eigenvalue weighted by atomic mass is 16.3. The second-order valence-corrected chi connectivity index (χ2v) is 13.4. The molecule has 11 rings (SSSR count). The third kappa shape index (κ3) is 4.56. The standard InChI is InChI=1S/C47H29N3O2/c1-3-11-30-25-33(21-19-28(30)9-1)45-48-46(34-22-20-29-10-2-4-12-31(29)26-34)50-47(49-45)39-16-8-18-41-43(39)38-24-23-32(27-42(38)51-41)35-14-7-15-37-36-13-5-6-17-40(36)52-44(35)37/h1-27,45H,(H,48,49,50). The van der Waals surface area contributed by atoms with Crippen molar-refractivity contribution in [2.45, 2.75) is 6.17 Å². The zero-order chi connectivity index (χ0) is 34.2. The van der Waals surface area contributed by atoms with Gasteiger partial charge in [0.15, 0.2) is 5.84 Å². The quantitative estimate of drug-likeness (QED) is 0.203. The van der Waals surface area contributed by atoms with E-state index < -0.39 is 0 Å². The maximum atomic E-state index is 6.59. The number of rotatable bonds is 4. The minimum absolute atomic E-state index is 0.345. The van der Waals surface area contributed by atoms with Gasteiger partial charge in [0.2, 0.25) is 0 Å². The number of amidine groups is 2. The molecule has 1 unspecified atom stereocenters. The average molecular weight is 668 g/mol. The summed E-state index contributed by atoms with van der Waals surface area (Å²) in [6, 6.07) is 56.9. The van der Waals surface area contributed by atoms with Crippen LogP contribution in [0.2, 0.25) is 0 Å². The molecule has 1 N–H and O–H groups in total. The molecule has 5 nitrogen and oxygen atoms in total. The predicted octanol–water partition coefficient (Wildman–Crippen LogP) is 12.0. The Morgan fingerprint density at radius 3 is 2.04 bits per heavy atom. The SMILES string of the molecule is c1ccc2cc(C3=NC(c4cccc5oc6cc(-c7cccc8c7oc7ccccc78)ccc6c45)=NC(c4ccc5ccccc5c4)N3)ccc2c1. The Balaban J connectivity index is 1.08. The number of furan rings is 2. The summed E-state index contributed by atoms with van der Waals surface area (Å²) in [5.74, 6) is 1.43. The van der Waals surface area contributed by atoms with Gasteiger partial charge in [0.05, 0.1) is 0 Å². The molecular formula is C47H29N3O2. The van der Waals surface area contributed by atoms with Gasteiger partial charge in [-0.3, -0.25) is 0 Å². The summed E-state index contributed by atoms with van der Waals surface area (Å²) in [6.45, 7) is 0. The number of fused-ring (bicyclic) bond motifs is 8. The van der Waals surface area contributed by atoms with E-state index in [4.69, 9.17) is 18.8 Å². The van der Waals surface area contributed by atoms with Crippen LogP contribution in [0.15, 0.2) is 183 Å². The summed E-state index contributed by atoms with van der Waals surface area (Å²) >= 11 is 0. The molecule has 0 aliphatic carbocycles. The first-order chi connectivity index (χ1) is 25.7. The van der Waals surface area contributed by atoms with E-state index in [0.717, 1.165) is 82.9 Å². The fraction of sp³-hybridized carbons (Fsp3) is 0.0213. The fourth-order valence-corrected chi connectivity index (χ4v) is 7.76. The Labute approximate surface area is 298 Å². The van der Waals surface area contributed by atoms with Crippen molar-refractivity contribution >= 4 is 77.1 Å². The number of benzene rings is 8. The summed E-state index contributed by atoms with van der Waals surface area (Å²) in [5.41, 5.74) is 8.40. The molecule has 1 aliphatic heterocycles. The van der Waals surface area contributed by atoms with E-state index in [2.05, 4.69) is 139 Å². The molecule has 2 aromatic heterocycles. The number of aliphatic imine (C=N–C) groups is 2. The Hall–Kier alpha value is -6.98. The van der Waals surface area contributed by atoms with Crippen LogP contribution >= 0.6 is 0 Å². The van der Waals surface area contributed by atoms with Gasteiger partial charge in [0, 0.05) is 38.2 Å². The number of hydrogen-bond acceptors (Lipinski definition) is 5. The van der Waals surface area contributed by atoms with Crippen LogP contribution in [0.4, 0.5) is 0 Å². The van der Waals surface area contributed by atoms with Crippen molar-refractivity contribution in [3.8, 4) is 11.1 Å². The Bertz CT molecular complexity index is 3130. The molecule has 52 heavy (non-hydrogen) atoms. The lowest BCUT2D eigenvalue weighted by Crippen LogP contribution is -2.33. The lowest BCUT2D eigenvalue weighted by atomic mass is 9.99. The summed E-state index contributed by atoms with van der Waals surface area (Å²) < 4.78 is 13.0. The Morgan fingerprint density at radius 1 is 0.462 bits per heavy atom. The van der Waals surface area contributed by atoms with Crippen LogP contribution in [0.1, 0.15) is 22.9 Å². The number of nitrogens with zero attached hydrogens (tertiary/aromatic N) is 2. The summed E-state index contributed by atoms with van der Waals surface area (Å²) in [7, 11) is 0. The van der Waals surface area contributed by atoms with Crippen molar-refractivity contribution in [1.82, 2.24) is 5.32 Å². The van der Waals surface area contributed by atoms with Crippen LogP contribution in [-0.2, 0) is 0 Å². The maximum Gasteiger partial charge on any atom is 0.160 e. The molecule has 0 saturated heterocycles. The van der Waals surface area contributed by atoms with Gasteiger partial charge in [0.25, 0.3) is 0 Å². The first kappa shape index (κ1) is 28.8. The fourth-order valence-electron chi connectivity index (χ4n) is 7.76. The zero-order valence-electron chi connectivity index (χ0n) is 27.9. The van der Waals surface area contributed by atoms with Crippen LogP contribution in [0.3, 0.4) is 0 Å². The van der Waals surface area contributed by atoms with Gasteiger partial charge in [-0.25, -0.2) is 9.98 Å². The molecule has 0 bridgehead atoms. The second kappa shape index (κ2) is 11.3. The van der Waals surface area contributed by atoms with E-state index in [0.29, 0.717) is 5.84 Å². The van der Waals surface area contributed by atoms with E-state index in [9.17, 15) is 0 Å². The normalized spacial score (nSPS) is 14.7. The molecule has 1 atom stereocenters. The topological polar surface area (TPSA) is 63.0 Å². The van der Waals surface area contributed by atoms with Crippen LogP contribution < -0.4 is 5.32 Å². The van der Waals surface area contributed by atoms with Crippen molar-refractivity contribution in [3.63, 3.8) is 0 Å². The minimum atomic E-state index is -0.345. The minimum Gasteiger partial charge on any atom is -0.456 e. The summed E-state index contributed by atoms with van der Waals surface area (Å²) in [6.07, 6.45) is -0.345. The molecule has 0 amide bonds.